The monoisotopic (exact) mass is 322 g/mol. The zero-order valence-corrected chi connectivity index (χ0v) is 11.9. The molecule has 0 N–H and O–H groups in total. The second-order valence-corrected chi connectivity index (χ2v) is 6.05. The molecule has 2 nitrogen and oxygen atoms in total. The van der Waals surface area contributed by atoms with Crippen LogP contribution in [0.5, 0.6) is 0 Å². The minimum atomic E-state index is 0.915. The first kappa shape index (κ1) is 12.1. The Morgan fingerprint density at radius 1 is 1.00 bits per heavy atom. The average molecular weight is 322 g/mol. The van der Waals surface area contributed by atoms with Gasteiger partial charge in [-0.25, -0.2) is 0 Å². The number of rotatable bonds is 2. The Morgan fingerprint density at radius 3 is 2.13 bits per heavy atom. The minimum Gasteiger partial charge on any atom is -0.304 e. The van der Waals surface area contributed by atoms with Crippen molar-refractivity contribution in [2.24, 2.45) is 5.92 Å². The summed E-state index contributed by atoms with van der Waals surface area (Å²) in [6, 6.07) is 0.915. The maximum Gasteiger partial charge on any atom is 0.0113 e. The highest BCUT2D eigenvalue weighted by Crippen LogP contribution is 2.29. The molecule has 15 heavy (non-hydrogen) atoms. The van der Waals surface area contributed by atoms with Gasteiger partial charge in [-0.2, -0.15) is 0 Å². The van der Waals surface area contributed by atoms with E-state index in [0.29, 0.717) is 0 Å². The summed E-state index contributed by atoms with van der Waals surface area (Å²) in [6.07, 6.45) is 5.86. The third-order valence-corrected chi connectivity index (χ3v) is 5.33. The van der Waals surface area contributed by atoms with Crippen LogP contribution in [0.1, 0.15) is 25.7 Å². The predicted molar refractivity (Wildman–Crippen MR) is 73.7 cm³/mol. The van der Waals surface area contributed by atoms with Crippen LogP contribution in [0, 0.1) is 5.92 Å². The van der Waals surface area contributed by atoms with Gasteiger partial charge in [0.2, 0.25) is 0 Å². The van der Waals surface area contributed by atoms with Crippen molar-refractivity contribution in [3.05, 3.63) is 0 Å². The van der Waals surface area contributed by atoms with Crippen molar-refractivity contribution in [1.82, 2.24) is 9.80 Å². The molecule has 2 aliphatic rings. The van der Waals surface area contributed by atoms with Crippen LogP contribution < -0.4 is 0 Å². The molecule has 1 saturated carbocycles. The van der Waals surface area contributed by atoms with E-state index < -0.39 is 0 Å². The molecule has 1 aliphatic carbocycles. The fourth-order valence-electron chi connectivity index (χ4n) is 2.85. The second-order valence-electron chi connectivity index (χ2n) is 5.17. The lowest BCUT2D eigenvalue weighted by atomic mass is 9.86. The Balaban J connectivity index is 1.75. The van der Waals surface area contributed by atoms with Crippen molar-refractivity contribution in [3.8, 4) is 0 Å². The SMILES string of the molecule is CN1CCN(C2CCC(CI)CC2)CC1. The molecular formula is C12H23IN2. The lowest BCUT2D eigenvalue weighted by Gasteiger charge is -2.41. The molecule has 1 heterocycles. The van der Waals surface area contributed by atoms with Crippen molar-refractivity contribution >= 4 is 22.6 Å². The van der Waals surface area contributed by atoms with Crippen LogP contribution in [0.25, 0.3) is 0 Å². The summed E-state index contributed by atoms with van der Waals surface area (Å²) in [4.78, 5) is 5.19. The van der Waals surface area contributed by atoms with Crippen LogP contribution in [-0.2, 0) is 0 Å². The molecule has 0 atom stereocenters. The highest BCUT2D eigenvalue weighted by Gasteiger charge is 2.26. The number of halogens is 1. The fourth-order valence-corrected chi connectivity index (χ4v) is 3.73. The van der Waals surface area contributed by atoms with Gasteiger partial charge in [-0.05, 0) is 38.6 Å². The summed E-state index contributed by atoms with van der Waals surface area (Å²) in [5.74, 6) is 1.02. The molecule has 0 amide bonds. The van der Waals surface area contributed by atoms with Crippen molar-refractivity contribution in [2.45, 2.75) is 31.7 Å². The highest BCUT2D eigenvalue weighted by molar-refractivity contribution is 14.1. The first-order valence-corrected chi connectivity index (χ1v) is 7.80. The van der Waals surface area contributed by atoms with E-state index in [1.165, 1.54) is 56.3 Å². The molecule has 2 rings (SSSR count). The number of hydrogen-bond acceptors (Lipinski definition) is 2. The summed E-state index contributed by atoms with van der Waals surface area (Å²) in [7, 11) is 2.24. The van der Waals surface area contributed by atoms with Crippen LogP contribution in [0.3, 0.4) is 0 Å². The van der Waals surface area contributed by atoms with Gasteiger partial charge in [0.25, 0.3) is 0 Å². The van der Waals surface area contributed by atoms with Gasteiger partial charge in [0.05, 0.1) is 0 Å². The first-order chi connectivity index (χ1) is 7.29. The van der Waals surface area contributed by atoms with E-state index in [-0.39, 0.29) is 0 Å². The van der Waals surface area contributed by atoms with Crippen molar-refractivity contribution in [2.75, 3.05) is 37.7 Å². The molecule has 0 aromatic rings. The molecule has 3 heteroatoms. The Bertz CT molecular complexity index is 182. The van der Waals surface area contributed by atoms with Gasteiger partial charge in [-0.15, -0.1) is 0 Å². The molecule has 88 valence electrons. The summed E-state index contributed by atoms with van der Waals surface area (Å²) in [5, 5.41) is 0. The Kier molecular flexibility index (Phi) is 4.70. The van der Waals surface area contributed by atoms with E-state index in [0.717, 1.165) is 12.0 Å². The summed E-state index contributed by atoms with van der Waals surface area (Å²) in [5.41, 5.74) is 0. The van der Waals surface area contributed by atoms with Crippen molar-refractivity contribution < 1.29 is 0 Å². The fraction of sp³-hybridized carbons (Fsp3) is 1.00. The van der Waals surface area contributed by atoms with E-state index in [4.69, 9.17) is 0 Å². The highest BCUT2D eigenvalue weighted by atomic mass is 127. The zero-order valence-electron chi connectivity index (χ0n) is 9.79. The van der Waals surface area contributed by atoms with Crippen LogP contribution in [-0.4, -0.2) is 53.5 Å². The molecule has 0 aromatic heterocycles. The van der Waals surface area contributed by atoms with E-state index >= 15 is 0 Å². The molecule has 0 aromatic carbocycles. The predicted octanol–water partition coefficient (Wildman–Crippen LogP) is 2.23. The lowest BCUT2D eigenvalue weighted by Crippen LogP contribution is -2.49. The number of nitrogens with zero attached hydrogens (tertiary/aromatic N) is 2. The van der Waals surface area contributed by atoms with Crippen LogP contribution in [0.2, 0.25) is 0 Å². The minimum absolute atomic E-state index is 0.915. The van der Waals surface area contributed by atoms with Gasteiger partial charge in [-0.1, -0.05) is 22.6 Å². The molecular weight excluding hydrogens is 299 g/mol. The van der Waals surface area contributed by atoms with Gasteiger partial charge in [-0.3, -0.25) is 4.90 Å². The van der Waals surface area contributed by atoms with Gasteiger partial charge in [0.1, 0.15) is 0 Å². The van der Waals surface area contributed by atoms with Gasteiger partial charge in [0, 0.05) is 36.6 Å². The van der Waals surface area contributed by atoms with Crippen molar-refractivity contribution in [1.29, 1.82) is 0 Å². The largest absolute Gasteiger partial charge is 0.304 e. The summed E-state index contributed by atoms with van der Waals surface area (Å²) in [6.45, 7) is 5.14. The third kappa shape index (κ3) is 3.30. The maximum atomic E-state index is 2.74. The molecule has 0 radical (unpaired) electrons. The zero-order chi connectivity index (χ0) is 10.7. The van der Waals surface area contributed by atoms with Gasteiger partial charge in [0.15, 0.2) is 0 Å². The lowest BCUT2D eigenvalue weighted by molar-refractivity contribution is 0.0839. The van der Waals surface area contributed by atoms with E-state index in [1.54, 1.807) is 0 Å². The van der Waals surface area contributed by atoms with Crippen molar-refractivity contribution in [3.63, 3.8) is 0 Å². The number of hydrogen-bond donors (Lipinski definition) is 0. The third-order valence-electron chi connectivity index (χ3n) is 4.09. The standard InChI is InChI=1S/C12H23IN2/c1-14-6-8-15(9-7-14)12-4-2-11(10-13)3-5-12/h11-12H,2-10H2,1H3. The average Bonchev–Trinajstić information content (AvgIpc) is 2.30. The summed E-state index contributed by atoms with van der Waals surface area (Å²) >= 11 is 2.55. The number of alkyl halides is 1. The second kappa shape index (κ2) is 5.82. The maximum absolute atomic E-state index is 2.74. The number of likely N-dealkylation sites (N-methyl/N-ethyl adjacent to an activating group) is 1. The molecule has 1 aliphatic heterocycles. The Labute approximate surface area is 108 Å². The van der Waals surface area contributed by atoms with E-state index in [2.05, 4.69) is 39.4 Å². The first-order valence-electron chi connectivity index (χ1n) is 6.28. The molecule has 0 bridgehead atoms. The van der Waals surface area contributed by atoms with Crippen LogP contribution in [0.15, 0.2) is 0 Å². The van der Waals surface area contributed by atoms with Gasteiger partial charge >= 0.3 is 0 Å². The van der Waals surface area contributed by atoms with Crippen LogP contribution >= 0.6 is 22.6 Å². The Morgan fingerprint density at radius 2 is 1.60 bits per heavy atom. The molecule has 1 saturated heterocycles. The molecule has 0 spiro atoms. The molecule has 0 unspecified atom stereocenters. The van der Waals surface area contributed by atoms with E-state index in [9.17, 15) is 0 Å². The normalized spacial score (nSPS) is 35.6. The molecule has 2 fully saturated rings. The van der Waals surface area contributed by atoms with E-state index in [1.807, 2.05) is 0 Å². The van der Waals surface area contributed by atoms with Crippen LogP contribution in [0.4, 0.5) is 0 Å². The Hall–Kier alpha value is 0.650. The quantitative estimate of drug-likeness (QED) is 0.568. The topological polar surface area (TPSA) is 6.48 Å². The van der Waals surface area contributed by atoms with Gasteiger partial charge < -0.3 is 4.90 Å². The summed E-state index contributed by atoms with van der Waals surface area (Å²) < 4.78 is 1.37. The number of piperazine rings is 1. The smallest absolute Gasteiger partial charge is 0.0113 e.